The number of ether oxygens (including phenoxy) is 2. The Bertz CT molecular complexity index is 873. The van der Waals surface area contributed by atoms with Gasteiger partial charge in [0.25, 0.3) is 0 Å². The largest absolute Gasteiger partial charge is 0.489 e. The number of hydrogen-bond donors (Lipinski definition) is 0. The number of hydrogen-bond acceptors (Lipinski definition) is 4. The van der Waals surface area contributed by atoms with Crippen LogP contribution in [-0.4, -0.2) is 32.9 Å². The zero-order chi connectivity index (χ0) is 19.6. The highest BCUT2D eigenvalue weighted by Crippen LogP contribution is 2.33. The van der Waals surface area contributed by atoms with Gasteiger partial charge < -0.3 is 9.47 Å². The molecule has 0 saturated carbocycles. The monoisotopic (exact) mass is 396 g/mol. The van der Waals surface area contributed by atoms with Crippen LogP contribution < -0.4 is 9.47 Å². The molecule has 142 valence electrons. The molecule has 1 aromatic heterocycles. The van der Waals surface area contributed by atoms with Crippen molar-refractivity contribution >= 4 is 39.2 Å². The molecule has 2 aromatic rings. The van der Waals surface area contributed by atoms with E-state index in [1.807, 2.05) is 40.7 Å². The lowest BCUT2D eigenvalue weighted by Gasteiger charge is -2.16. The Labute approximate surface area is 162 Å². The summed E-state index contributed by atoms with van der Waals surface area (Å²) in [4.78, 5) is 4.55. The molecule has 1 atom stereocenters. The number of halogens is 1. The van der Waals surface area contributed by atoms with E-state index in [2.05, 4.69) is 9.38 Å². The minimum Gasteiger partial charge on any atom is -0.489 e. The van der Waals surface area contributed by atoms with Crippen molar-refractivity contribution in [3.8, 4) is 11.6 Å². The van der Waals surface area contributed by atoms with Crippen LogP contribution in [0.4, 0.5) is 0 Å². The molecule has 0 amide bonds. The van der Waals surface area contributed by atoms with E-state index >= 15 is 0 Å². The summed E-state index contributed by atoms with van der Waals surface area (Å²) in [6.45, 7) is 11.3. The zero-order valence-electron chi connectivity index (χ0n) is 16.2. The summed E-state index contributed by atoms with van der Waals surface area (Å²) in [7, 11) is 0.181. The predicted molar refractivity (Wildman–Crippen MR) is 109 cm³/mol. The van der Waals surface area contributed by atoms with E-state index in [9.17, 15) is 4.21 Å². The third-order valence-electron chi connectivity index (χ3n) is 3.52. The second-order valence-corrected chi connectivity index (χ2v) is 9.54. The van der Waals surface area contributed by atoms with E-state index in [0.717, 1.165) is 5.39 Å². The molecular weight excluding hydrogens is 372 g/mol. The third kappa shape index (κ3) is 4.74. The van der Waals surface area contributed by atoms with Crippen LogP contribution >= 0.6 is 11.6 Å². The van der Waals surface area contributed by atoms with Crippen molar-refractivity contribution in [1.82, 2.24) is 4.98 Å². The Morgan fingerprint density at radius 2 is 1.92 bits per heavy atom. The number of rotatable bonds is 5. The molecule has 0 N–H and O–H groups in total. The molecule has 0 unspecified atom stereocenters. The van der Waals surface area contributed by atoms with Gasteiger partial charge >= 0.3 is 0 Å². The highest BCUT2D eigenvalue weighted by Gasteiger charge is 2.21. The summed E-state index contributed by atoms with van der Waals surface area (Å²) < 4.78 is 27.4. The molecule has 0 radical (unpaired) electrons. The first-order valence-electron chi connectivity index (χ1n) is 8.35. The number of benzene rings is 1. The van der Waals surface area contributed by atoms with Gasteiger partial charge in [0, 0.05) is 11.5 Å². The quantitative estimate of drug-likeness (QED) is 0.670. The molecule has 0 fully saturated rings. The van der Waals surface area contributed by atoms with Gasteiger partial charge in [-0.3, -0.25) is 0 Å². The summed E-state index contributed by atoms with van der Waals surface area (Å²) >= 11 is 6.33. The average molecular weight is 397 g/mol. The maximum atomic E-state index is 12.3. The molecular formula is C19H25ClN2O3S. The Morgan fingerprint density at radius 1 is 1.27 bits per heavy atom. The van der Waals surface area contributed by atoms with Gasteiger partial charge in [-0.2, -0.15) is 4.40 Å². The summed E-state index contributed by atoms with van der Waals surface area (Å²) in [5.41, 5.74) is 1.99. The van der Waals surface area contributed by atoms with E-state index in [-0.39, 0.29) is 6.10 Å². The van der Waals surface area contributed by atoms with Gasteiger partial charge in [-0.05, 0) is 53.7 Å². The Morgan fingerprint density at radius 3 is 2.46 bits per heavy atom. The molecule has 2 rings (SSSR count). The predicted octanol–water partition coefficient (Wildman–Crippen LogP) is 4.96. The van der Waals surface area contributed by atoms with Gasteiger partial charge in [-0.25, -0.2) is 9.19 Å². The lowest BCUT2D eigenvalue weighted by Crippen LogP contribution is -2.20. The summed E-state index contributed by atoms with van der Waals surface area (Å²) in [6.07, 6.45) is 0.00729. The fraction of sp³-hybridized carbons (Fsp3) is 0.474. The molecule has 7 heteroatoms. The zero-order valence-corrected chi connectivity index (χ0v) is 17.8. The topological polar surface area (TPSA) is 60.8 Å². The lowest BCUT2D eigenvalue weighted by molar-refractivity contribution is 0.243. The standard InChI is InChI=1S/C19H25ClN2O3S/c1-11(2)25-17-10-16-13(9-15(17)20)8-14(18(21-16)24-7)12(3)22-26(23)19(4,5)6/h8-11H,1-7H3/t26-/m0/s1. The minimum absolute atomic E-state index is 0.00729. The summed E-state index contributed by atoms with van der Waals surface area (Å²) in [5.74, 6) is 0.998. The van der Waals surface area contributed by atoms with Gasteiger partial charge in [0.05, 0.1) is 39.8 Å². The third-order valence-corrected chi connectivity index (χ3v) is 5.31. The van der Waals surface area contributed by atoms with Gasteiger partial charge in [-0.15, -0.1) is 0 Å². The Kier molecular flexibility index (Phi) is 6.29. The van der Waals surface area contributed by atoms with Gasteiger partial charge in [0.15, 0.2) is 0 Å². The van der Waals surface area contributed by atoms with E-state index < -0.39 is 15.7 Å². The van der Waals surface area contributed by atoms with Crippen LogP contribution in [0.1, 0.15) is 47.1 Å². The van der Waals surface area contributed by atoms with Crippen LogP contribution in [0, 0.1) is 0 Å². The summed E-state index contributed by atoms with van der Waals surface area (Å²) in [6, 6.07) is 5.49. The number of methoxy groups -OCH3 is 1. The van der Waals surface area contributed by atoms with E-state index in [4.69, 9.17) is 21.1 Å². The average Bonchev–Trinajstić information content (AvgIpc) is 2.53. The molecule has 0 bridgehead atoms. The smallest absolute Gasteiger partial charge is 0.222 e. The van der Waals surface area contributed by atoms with Crippen LogP contribution in [-0.2, 0) is 11.0 Å². The molecule has 0 saturated heterocycles. The van der Waals surface area contributed by atoms with Crippen molar-refractivity contribution in [2.45, 2.75) is 52.4 Å². The lowest BCUT2D eigenvalue weighted by atomic mass is 10.1. The van der Waals surface area contributed by atoms with Crippen LogP contribution in [0.2, 0.25) is 5.02 Å². The van der Waals surface area contributed by atoms with Gasteiger partial charge in [0.2, 0.25) is 5.88 Å². The van der Waals surface area contributed by atoms with Crippen molar-refractivity contribution in [2.75, 3.05) is 7.11 Å². The first-order valence-corrected chi connectivity index (χ1v) is 9.84. The van der Waals surface area contributed by atoms with Crippen LogP contribution in [0.15, 0.2) is 22.6 Å². The van der Waals surface area contributed by atoms with Crippen LogP contribution in [0.3, 0.4) is 0 Å². The number of fused-ring (bicyclic) bond motifs is 1. The highest BCUT2D eigenvalue weighted by molar-refractivity contribution is 7.85. The molecule has 26 heavy (non-hydrogen) atoms. The van der Waals surface area contributed by atoms with Crippen LogP contribution in [0.5, 0.6) is 11.6 Å². The first-order chi connectivity index (χ1) is 12.0. The number of aromatic nitrogens is 1. The van der Waals surface area contributed by atoms with Crippen molar-refractivity contribution in [3.05, 3.63) is 28.8 Å². The molecule has 0 spiro atoms. The van der Waals surface area contributed by atoms with Gasteiger partial charge in [-0.1, -0.05) is 11.6 Å². The SMILES string of the molecule is COc1nc2cc(OC(C)C)c(Cl)cc2cc1C(C)=N[S@@](=O)C(C)(C)C. The van der Waals surface area contributed by atoms with E-state index in [1.165, 1.54) is 0 Å². The van der Waals surface area contributed by atoms with Gasteiger partial charge in [0.1, 0.15) is 16.7 Å². The second kappa shape index (κ2) is 7.92. The van der Waals surface area contributed by atoms with E-state index in [1.54, 1.807) is 26.2 Å². The summed E-state index contributed by atoms with van der Waals surface area (Å²) in [5, 5.41) is 1.34. The molecule has 5 nitrogen and oxygen atoms in total. The normalized spacial score (nSPS) is 14.0. The molecule has 0 aliphatic carbocycles. The second-order valence-electron chi connectivity index (χ2n) is 7.23. The molecule has 1 aromatic carbocycles. The number of pyridine rings is 1. The highest BCUT2D eigenvalue weighted by atomic mass is 35.5. The maximum absolute atomic E-state index is 12.3. The molecule has 0 aliphatic rings. The minimum atomic E-state index is -1.37. The Balaban J connectivity index is 2.58. The van der Waals surface area contributed by atoms with Crippen molar-refractivity contribution in [3.63, 3.8) is 0 Å². The molecule has 1 heterocycles. The van der Waals surface area contributed by atoms with E-state index in [0.29, 0.717) is 33.4 Å². The first kappa shape index (κ1) is 20.6. The Hall–Kier alpha value is -1.66. The van der Waals surface area contributed by atoms with Crippen LogP contribution in [0.25, 0.3) is 10.9 Å². The van der Waals surface area contributed by atoms with Crippen molar-refractivity contribution in [2.24, 2.45) is 4.40 Å². The maximum Gasteiger partial charge on any atom is 0.222 e. The number of nitrogens with zero attached hydrogens (tertiary/aromatic N) is 2. The van der Waals surface area contributed by atoms with Crippen molar-refractivity contribution < 1.29 is 13.7 Å². The fourth-order valence-electron chi connectivity index (χ4n) is 2.23. The fourth-order valence-corrected chi connectivity index (χ4v) is 3.06. The molecule has 0 aliphatic heterocycles. The van der Waals surface area contributed by atoms with Crippen molar-refractivity contribution in [1.29, 1.82) is 0 Å².